The van der Waals surface area contributed by atoms with Gasteiger partial charge in [0.2, 0.25) is 0 Å². The molecule has 0 aromatic heterocycles. The Balaban J connectivity index is 1.35. The summed E-state index contributed by atoms with van der Waals surface area (Å²) in [7, 11) is 0. The van der Waals surface area contributed by atoms with Crippen LogP contribution >= 0.6 is 11.6 Å². The van der Waals surface area contributed by atoms with E-state index in [0.29, 0.717) is 10.7 Å². The van der Waals surface area contributed by atoms with Crippen LogP contribution < -0.4 is 9.64 Å². The lowest BCUT2D eigenvalue weighted by atomic mass is 10.1. The van der Waals surface area contributed by atoms with Crippen LogP contribution in [0, 0.1) is 5.82 Å². The van der Waals surface area contributed by atoms with E-state index in [1.165, 1.54) is 11.6 Å². The van der Waals surface area contributed by atoms with Crippen molar-refractivity contribution < 1.29 is 9.13 Å². The molecule has 5 heteroatoms. The summed E-state index contributed by atoms with van der Waals surface area (Å²) in [6, 6.07) is 22.5. The number of rotatable bonds is 5. The molecule has 1 aliphatic rings. The summed E-state index contributed by atoms with van der Waals surface area (Å²) < 4.78 is 19.9. The van der Waals surface area contributed by atoms with Crippen LogP contribution in [-0.2, 0) is 6.54 Å². The zero-order valence-electron chi connectivity index (χ0n) is 15.5. The SMILES string of the molecule is Fc1ccccc1N1CCN(Cc2cccc(Oc3ccc(Cl)cc3)c2)CC1. The van der Waals surface area contributed by atoms with Crippen molar-refractivity contribution in [2.24, 2.45) is 0 Å². The van der Waals surface area contributed by atoms with E-state index in [1.807, 2.05) is 48.5 Å². The smallest absolute Gasteiger partial charge is 0.146 e. The third kappa shape index (κ3) is 4.64. The predicted octanol–water partition coefficient (Wildman–Crippen LogP) is 5.59. The number of para-hydroxylation sites is 1. The second-order valence-corrected chi connectivity index (χ2v) is 7.35. The molecule has 0 atom stereocenters. The molecule has 0 amide bonds. The molecule has 3 nitrogen and oxygen atoms in total. The minimum absolute atomic E-state index is 0.150. The molecule has 0 bridgehead atoms. The molecule has 1 fully saturated rings. The van der Waals surface area contributed by atoms with Crippen molar-refractivity contribution in [1.29, 1.82) is 0 Å². The molecule has 0 N–H and O–H groups in total. The van der Waals surface area contributed by atoms with Gasteiger partial charge in [0.15, 0.2) is 0 Å². The minimum Gasteiger partial charge on any atom is -0.457 e. The number of halogens is 2. The Morgan fingerprint density at radius 2 is 1.57 bits per heavy atom. The zero-order chi connectivity index (χ0) is 19.3. The van der Waals surface area contributed by atoms with Crippen molar-refractivity contribution in [2.75, 3.05) is 31.1 Å². The fourth-order valence-electron chi connectivity index (χ4n) is 3.46. The van der Waals surface area contributed by atoms with E-state index in [2.05, 4.69) is 21.9 Å². The number of nitrogens with zero attached hydrogens (tertiary/aromatic N) is 2. The van der Waals surface area contributed by atoms with E-state index in [1.54, 1.807) is 6.07 Å². The van der Waals surface area contributed by atoms with Gasteiger partial charge in [-0.1, -0.05) is 35.9 Å². The molecule has 4 rings (SSSR count). The summed E-state index contributed by atoms with van der Waals surface area (Å²) in [5, 5.41) is 0.690. The molecule has 3 aromatic carbocycles. The van der Waals surface area contributed by atoms with Gasteiger partial charge >= 0.3 is 0 Å². The molecule has 0 unspecified atom stereocenters. The van der Waals surface area contributed by atoms with Gasteiger partial charge in [0.1, 0.15) is 17.3 Å². The van der Waals surface area contributed by atoms with Crippen LogP contribution in [0.4, 0.5) is 10.1 Å². The molecule has 3 aromatic rings. The maximum Gasteiger partial charge on any atom is 0.146 e. The van der Waals surface area contributed by atoms with Crippen LogP contribution in [-0.4, -0.2) is 31.1 Å². The maximum absolute atomic E-state index is 14.0. The average Bonchev–Trinajstić information content (AvgIpc) is 2.71. The molecule has 0 aliphatic carbocycles. The third-order valence-electron chi connectivity index (χ3n) is 4.92. The number of ether oxygens (including phenoxy) is 1. The molecule has 1 heterocycles. The average molecular weight is 397 g/mol. The molecule has 144 valence electrons. The lowest BCUT2D eigenvalue weighted by Crippen LogP contribution is -2.46. The van der Waals surface area contributed by atoms with Crippen LogP contribution in [0.1, 0.15) is 5.56 Å². The fraction of sp³-hybridized carbons (Fsp3) is 0.217. The number of anilines is 1. The summed E-state index contributed by atoms with van der Waals surface area (Å²) >= 11 is 5.92. The second-order valence-electron chi connectivity index (χ2n) is 6.92. The first-order valence-electron chi connectivity index (χ1n) is 9.41. The topological polar surface area (TPSA) is 15.7 Å². The molecule has 0 spiro atoms. The quantitative estimate of drug-likeness (QED) is 0.558. The first kappa shape index (κ1) is 18.8. The van der Waals surface area contributed by atoms with E-state index >= 15 is 0 Å². The fourth-order valence-corrected chi connectivity index (χ4v) is 3.59. The summed E-state index contributed by atoms with van der Waals surface area (Å²) in [5.41, 5.74) is 1.89. The van der Waals surface area contributed by atoms with Crippen molar-refractivity contribution >= 4 is 17.3 Å². The van der Waals surface area contributed by atoms with Crippen LogP contribution in [0.25, 0.3) is 0 Å². The maximum atomic E-state index is 14.0. The van der Waals surface area contributed by atoms with Gasteiger partial charge in [0.25, 0.3) is 0 Å². The molecular weight excluding hydrogens is 375 g/mol. The van der Waals surface area contributed by atoms with Crippen molar-refractivity contribution in [3.05, 3.63) is 89.2 Å². The van der Waals surface area contributed by atoms with Gasteiger partial charge in [-0.05, 0) is 54.1 Å². The monoisotopic (exact) mass is 396 g/mol. The van der Waals surface area contributed by atoms with Gasteiger partial charge in [0, 0.05) is 37.7 Å². The van der Waals surface area contributed by atoms with Gasteiger partial charge in [-0.15, -0.1) is 0 Å². The molecule has 1 saturated heterocycles. The van der Waals surface area contributed by atoms with Gasteiger partial charge in [-0.2, -0.15) is 0 Å². The highest BCUT2D eigenvalue weighted by Gasteiger charge is 2.19. The molecule has 28 heavy (non-hydrogen) atoms. The highest BCUT2D eigenvalue weighted by molar-refractivity contribution is 6.30. The van der Waals surface area contributed by atoms with Gasteiger partial charge in [-0.25, -0.2) is 4.39 Å². The van der Waals surface area contributed by atoms with E-state index < -0.39 is 0 Å². The van der Waals surface area contributed by atoms with E-state index in [-0.39, 0.29) is 5.82 Å². The first-order valence-corrected chi connectivity index (χ1v) is 9.79. The minimum atomic E-state index is -0.150. The third-order valence-corrected chi connectivity index (χ3v) is 5.17. The lowest BCUT2D eigenvalue weighted by molar-refractivity contribution is 0.249. The summed E-state index contributed by atoms with van der Waals surface area (Å²) in [6.45, 7) is 4.29. The molecule has 0 saturated carbocycles. The summed E-state index contributed by atoms with van der Waals surface area (Å²) in [5.74, 6) is 1.42. The Bertz CT molecular complexity index is 924. The van der Waals surface area contributed by atoms with E-state index in [4.69, 9.17) is 16.3 Å². The Kier molecular flexibility index (Phi) is 5.79. The van der Waals surface area contributed by atoms with Crippen molar-refractivity contribution in [2.45, 2.75) is 6.54 Å². The Morgan fingerprint density at radius 3 is 2.32 bits per heavy atom. The van der Waals surface area contributed by atoms with Crippen molar-refractivity contribution in [3.8, 4) is 11.5 Å². The highest BCUT2D eigenvalue weighted by atomic mass is 35.5. The lowest BCUT2D eigenvalue weighted by Gasteiger charge is -2.36. The number of hydrogen-bond donors (Lipinski definition) is 0. The van der Waals surface area contributed by atoms with Crippen molar-refractivity contribution in [3.63, 3.8) is 0 Å². The van der Waals surface area contributed by atoms with Crippen LogP contribution in [0.2, 0.25) is 5.02 Å². The number of hydrogen-bond acceptors (Lipinski definition) is 3. The van der Waals surface area contributed by atoms with Crippen LogP contribution in [0.3, 0.4) is 0 Å². The highest BCUT2D eigenvalue weighted by Crippen LogP contribution is 2.25. The predicted molar refractivity (Wildman–Crippen MR) is 112 cm³/mol. The standard InChI is InChI=1S/C23H22ClFN2O/c24-19-8-10-20(11-9-19)28-21-5-3-4-18(16-21)17-26-12-14-27(15-13-26)23-7-2-1-6-22(23)25/h1-11,16H,12-15,17H2. The Labute approximate surface area is 169 Å². The summed E-state index contributed by atoms with van der Waals surface area (Å²) in [4.78, 5) is 4.50. The molecule has 0 radical (unpaired) electrons. The second kappa shape index (κ2) is 8.63. The van der Waals surface area contributed by atoms with Gasteiger partial charge in [-0.3, -0.25) is 4.90 Å². The normalized spacial score (nSPS) is 14.9. The Morgan fingerprint density at radius 1 is 0.821 bits per heavy atom. The Hall–Kier alpha value is -2.56. The number of benzene rings is 3. The zero-order valence-corrected chi connectivity index (χ0v) is 16.3. The summed E-state index contributed by atoms with van der Waals surface area (Å²) in [6.07, 6.45) is 0. The van der Waals surface area contributed by atoms with E-state index in [9.17, 15) is 4.39 Å². The molecular formula is C23H22ClFN2O. The van der Waals surface area contributed by atoms with Gasteiger partial charge in [0.05, 0.1) is 5.69 Å². The van der Waals surface area contributed by atoms with Crippen LogP contribution in [0.15, 0.2) is 72.8 Å². The van der Waals surface area contributed by atoms with Gasteiger partial charge < -0.3 is 9.64 Å². The number of piperazine rings is 1. The molecule has 1 aliphatic heterocycles. The van der Waals surface area contributed by atoms with Crippen molar-refractivity contribution in [1.82, 2.24) is 4.90 Å². The van der Waals surface area contributed by atoms with Crippen LogP contribution in [0.5, 0.6) is 11.5 Å². The first-order chi connectivity index (χ1) is 13.7. The van der Waals surface area contributed by atoms with E-state index in [0.717, 1.165) is 44.2 Å². The largest absolute Gasteiger partial charge is 0.457 e.